The first kappa shape index (κ1) is 24.9. The van der Waals surface area contributed by atoms with Gasteiger partial charge >= 0.3 is 11.7 Å². The van der Waals surface area contributed by atoms with Crippen molar-refractivity contribution in [3.05, 3.63) is 62.1 Å². The summed E-state index contributed by atoms with van der Waals surface area (Å²) < 4.78 is 8.53. The van der Waals surface area contributed by atoms with Crippen molar-refractivity contribution in [2.45, 2.75) is 66.2 Å². The van der Waals surface area contributed by atoms with E-state index in [1.807, 2.05) is 32.9 Å². The fourth-order valence-electron chi connectivity index (χ4n) is 3.73. The van der Waals surface area contributed by atoms with Crippen molar-refractivity contribution in [3.63, 3.8) is 0 Å². The predicted octanol–water partition coefficient (Wildman–Crippen LogP) is 2.27. The summed E-state index contributed by atoms with van der Waals surface area (Å²) in [6.07, 6.45) is 2.37. The van der Waals surface area contributed by atoms with Crippen LogP contribution in [0, 0.1) is 6.92 Å². The molecule has 34 heavy (non-hydrogen) atoms. The van der Waals surface area contributed by atoms with E-state index in [0.717, 1.165) is 24.8 Å². The van der Waals surface area contributed by atoms with E-state index in [-0.39, 0.29) is 25.5 Å². The van der Waals surface area contributed by atoms with Gasteiger partial charge in [0, 0.05) is 25.2 Å². The van der Waals surface area contributed by atoms with Crippen molar-refractivity contribution in [1.29, 1.82) is 0 Å². The topological polar surface area (TPSA) is 128 Å². The number of ether oxygens (including phenoxy) is 1. The molecule has 3 aromatic rings. The predicted molar refractivity (Wildman–Crippen MR) is 128 cm³/mol. The second-order valence-corrected chi connectivity index (χ2v) is 8.10. The summed E-state index contributed by atoms with van der Waals surface area (Å²) in [4.78, 5) is 56.3. The zero-order chi connectivity index (χ0) is 24.7. The number of amides is 1. The molecule has 0 spiro atoms. The molecule has 1 amide bonds. The Morgan fingerprint density at radius 1 is 1.09 bits per heavy atom. The molecule has 2 heterocycles. The van der Waals surface area contributed by atoms with Crippen LogP contribution < -0.4 is 16.6 Å². The van der Waals surface area contributed by atoms with E-state index < -0.39 is 17.2 Å². The highest BCUT2D eigenvalue weighted by Gasteiger charge is 2.19. The molecule has 0 saturated carbocycles. The monoisotopic (exact) mass is 469 g/mol. The quantitative estimate of drug-likeness (QED) is 0.415. The zero-order valence-electron chi connectivity index (χ0n) is 19.8. The van der Waals surface area contributed by atoms with Gasteiger partial charge in [-0.05, 0) is 31.4 Å². The maximum absolute atomic E-state index is 12.5. The lowest BCUT2D eigenvalue weighted by Crippen LogP contribution is -2.31. The summed E-state index contributed by atoms with van der Waals surface area (Å²) in [5.41, 5.74) is 1.000. The minimum atomic E-state index is -0.509. The Bertz CT molecular complexity index is 1290. The van der Waals surface area contributed by atoms with Gasteiger partial charge in [0.15, 0.2) is 11.2 Å². The molecule has 182 valence electrons. The number of imidazole rings is 1. The van der Waals surface area contributed by atoms with Gasteiger partial charge in [0.1, 0.15) is 12.4 Å². The molecule has 10 heteroatoms. The lowest BCUT2D eigenvalue weighted by molar-refractivity contribution is -0.145. The van der Waals surface area contributed by atoms with Gasteiger partial charge in [-0.25, -0.2) is 9.78 Å². The molecule has 0 aliphatic heterocycles. The number of fused-ring (bicyclic) bond motifs is 1. The fourth-order valence-corrected chi connectivity index (χ4v) is 3.73. The molecule has 1 aromatic carbocycles. The number of nitrogens with one attached hydrogen (secondary N) is 2. The van der Waals surface area contributed by atoms with Gasteiger partial charge in [-0.1, -0.05) is 38.5 Å². The van der Waals surface area contributed by atoms with Crippen LogP contribution in [0.4, 0.5) is 0 Å². The van der Waals surface area contributed by atoms with Crippen LogP contribution >= 0.6 is 0 Å². The Balaban J connectivity index is 1.69. The average Bonchev–Trinajstić information content (AvgIpc) is 3.16. The van der Waals surface area contributed by atoms with Crippen LogP contribution in [0.5, 0.6) is 0 Å². The van der Waals surface area contributed by atoms with Crippen LogP contribution in [-0.2, 0) is 29.2 Å². The molecule has 0 aliphatic carbocycles. The largest absolute Gasteiger partial charge is 0.457 e. The van der Waals surface area contributed by atoms with Crippen LogP contribution in [0.25, 0.3) is 11.2 Å². The molecule has 2 N–H and O–H groups in total. The van der Waals surface area contributed by atoms with Crippen molar-refractivity contribution in [2.75, 3.05) is 6.54 Å². The molecule has 0 saturated heterocycles. The SMILES string of the molecule is CCCCn1c(=O)[nH]c(=O)c2c1nc(COC(=O)CCNC(=O)c1ccccc1C)n2CCC. The van der Waals surface area contributed by atoms with Crippen molar-refractivity contribution >= 4 is 23.0 Å². The third-order valence-corrected chi connectivity index (χ3v) is 5.51. The Morgan fingerprint density at radius 2 is 1.85 bits per heavy atom. The minimum absolute atomic E-state index is 0.00653. The number of benzene rings is 1. The summed E-state index contributed by atoms with van der Waals surface area (Å²) in [7, 11) is 0. The van der Waals surface area contributed by atoms with Crippen LogP contribution in [0.1, 0.15) is 61.3 Å². The van der Waals surface area contributed by atoms with E-state index in [0.29, 0.717) is 35.6 Å². The van der Waals surface area contributed by atoms with Gasteiger partial charge in [-0.3, -0.25) is 23.9 Å². The third-order valence-electron chi connectivity index (χ3n) is 5.51. The summed E-state index contributed by atoms with van der Waals surface area (Å²) in [5.74, 6) is -0.354. The van der Waals surface area contributed by atoms with Crippen LogP contribution in [0.2, 0.25) is 0 Å². The number of rotatable bonds is 11. The number of nitrogens with zero attached hydrogens (tertiary/aromatic N) is 3. The van der Waals surface area contributed by atoms with E-state index in [4.69, 9.17) is 4.74 Å². The molecule has 2 aromatic heterocycles. The number of aryl methyl sites for hydroxylation is 3. The highest BCUT2D eigenvalue weighted by Crippen LogP contribution is 2.14. The number of hydrogen-bond donors (Lipinski definition) is 2. The molecule has 0 radical (unpaired) electrons. The highest BCUT2D eigenvalue weighted by molar-refractivity contribution is 5.95. The van der Waals surface area contributed by atoms with Gasteiger partial charge in [-0.2, -0.15) is 0 Å². The van der Waals surface area contributed by atoms with Crippen LogP contribution in [-0.4, -0.2) is 37.5 Å². The van der Waals surface area contributed by atoms with Crippen molar-refractivity contribution < 1.29 is 14.3 Å². The Morgan fingerprint density at radius 3 is 2.56 bits per heavy atom. The van der Waals surface area contributed by atoms with Crippen LogP contribution in [0.15, 0.2) is 33.9 Å². The van der Waals surface area contributed by atoms with Gasteiger partial charge < -0.3 is 14.6 Å². The van der Waals surface area contributed by atoms with E-state index in [2.05, 4.69) is 15.3 Å². The first-order chi connectivity index (χ1) is 16.4. The number of aromatic nitrogens is 4. The molecule has 0 atom stereocenters. The normalized spacial score (nSPS) is 11.0. The second-order valence-electron chi connectivity index (χ2n) is 8.10. The maximum atomic E-state index is 12.5. The number of carbonyl (C=O) groups excluding carboxylic acids is 2. The molecule has 0 unspecified atom stereocenters. The van der Waals surface area contributed by atoms with Gasteiger partial charge in [-0.15, -0.1) is 0 Å². The lowest BCUT2D eigenvalue weighted by atomic mass is 10.1. The highest BCUT2D eigenvalue weighted by atomic mass is 16.5. The Labute approximate surface area is 197 Å². The molecule has 3 rings (SSSR count). The molecular weight excluding hydrogens is 438 g/mol. The lowest BCUT2D eigenvalue weighted by Gasteiger charge is -2.09. The molecule has 0 aliphatic rings. The van der Waals surface area contributed by atoms with Crippen molar-refractivity contribution in [1.82, 2.24) is 24.4 Å². The average molecular weight is 470 g/mol. The maximum Gasteiger partial charge on any atom is 0.330 e. The molecule has 10 nitrogen and oxygen atoms in total. The Kier molecular flexibility index (Phi) is 8.39. The van der Waals surface area contributed by atoms with E-state index in [1.54, 1.807) is 16.7 Å². The number of esters is 1. The minimum Gasteiger partial charge on any atom is -0.457 e. The third kappa shape index (κ3) is 5.62. The number of H-pyrrole nitrogens is 1. The summed E-state index contributed by atoms with van der Waals surface area (Å²) >= 11 is 0. The first-order valence-corrected chi connectivity index (χ1v) is 11.6. The summed E-state index contributed by atoms with van der Waals surface area (Å²) in [5, 5.41) is 2.72. The van der Waals surface area contributed by atoms with E-state index in [1.165, 1.54) is 4.57 Å². The number of carbonyl (C=O) groups is 2. The summed E-state index contributed by atoms with van der Waals surface area (Å²) in [6.45, 7) is 6.74. The fraction of sp³-hybridized carbons (Fsp3) is 0.458. The van der Waals surface area contributed by atoms with E-state index >= 15 is 0 Å². The summed E-state index contributed by atoms with van der Waals surface area (Å²) in [6, 6.07) is 7.21. The molecular formula is C24H31N5O5. The second kappa shape index (κ2) is 11.4. The molecule has 0 bridgehead atoms. The Hall–Kier alpha value is -3.69. The van der Waals surface area contributed by atoms with Gasteiger partial charge in [0.05, 0.1) is 6.42 Å². The number of aromatic amines is 1. The van der Waals surface area contributed by atoms with Gasteiger partial charge in [0.2, 0.25) is 0 Å². The van der Waals surface area contributed by atoms with Crippen molar-refractivity contribution in [2.24, 2.45) is 0 Å². The van der Waals surface area contributed by atoms with Crippen molar-refractivity contribution in [3.8, 4) is 0 Å². The van der Waals surface area contributed by atoms with Gasteiger partial charge in [0.25, 0.3) is 11.5 Å². The first-order valence-electron chi connectivity index (χ1n) is 11.6. The standard InChI is InChI=1S/C24H31N5O5/c1-4-6-14-29-21-20(23(32)27-24(29)33)28(13-5-2)18(26-21)15-34-19(30)11-12-25-22(31)17-10-8-7-9-16(17)3/h7-10H,4-6,11-15H2,1-3H3,(H,25,31)(H,27,32,33). The zero-order valence-corrected chi connectivity index (χ0v) is 19.8. The van der Waals surface area contributed by atoms with E-state index in [9.17, 15) is 19.2 Å². The molecule has 0 fully saturated rings. The number of unbranched alkanes of at least 4 members (excludes halogenated alkanes) is 1. The smallest absolute Gasteiger partial charge is 0.330 e. The van der Waals surface area contributed by atoms with Crippen LogP contribution in [0.3, 0.4) is 0 Å². The number of hydrogen-bond acceptors (Lipinski definition) is 6.